The van der Waals surface area contributed by atoms with Gasteiger partial charge < -0.3 is 15.4 Å². The zero-order chi connectivity index (χ0) is 18.1. The lowest BCUT2D eigenvalue weighted by Gasteiger charge is -2.09. The van der Waals surface area contributed by atoms with Crippen molar-refractivity contribution in [1.29, 1.82) is 5.26 Å². The fraction of sp³-hybridized carbons (Fsp3) is 0.158. The Morgan fingerprint density at radius 2 is 1.96 bits per heavy atom. The maximum atomic E-state index is 12.2. The summed E-state index contributed by atoms with van der Waals surface area (Å²) in [6.45, 7) is 0.592. The highest BCUT2D eigenvalue weighted by Gasteiger charge is 2.11. The third kappa shape index (κ3) is 5.55. The number of para-hydroxylation sites is 2. The minimum atomic E-state index is -0.494. The molecule has 128 valence electrons. The molecule has 0 unspecified atom stereocenters. The summed E-state index contributed by atoms with van der Waals surface area (Å²) < 4.78 is 5.17. The Kier molecular flexibility index (Phi) is 6.87. The quantitative estimate of drug-likeness (QED) is 0.452. The van der Waals surface area contributed by atoms with Gasteiger partial charge in [0.05, 0.1) is 12.8 Å². The van der Waals surface area contributed by atoms with Crippen molar-refractivity contribution in [3.63, 3.8) is 0 Å². The number of hydrogen-bond acceptors (Lipinski definition) is 4. The van der Waals surface area contributed by atoms with Gasteiger partial charge in [-0.05, 0) is 36.2 Å². The first-order chi connectivity index (χ1) is 12.1. The molecule has 0 atom stereocenters. The van der Waals surface area contributed by atoms with E-state index in [4.69, 9.17) is 16.3 Å². The summed E-state index contributed by atoms with van der Waals surface area (Å²) in [5.41, 5.74) is 1.61. The summed E-state index contributed by atoms with van der Waals surface area (Å²) in [4.78, 5) is 12.2. The van der Waals surface area contributed by atoms with Crippen LogP contribution < -0.4 is 15.4 Å². The zero-order valence-electron chi connectivity index (χ0n) is 13.8. The molecule has 0 bridgehead atoms. The average molecular weight is 356 g/mol. The predicted octanol–water partition coefficient (Wildman–Crippen LogP) is 3.53. The number of nitriles is 1. The van der Waals surface area contributed by atoms with Gasteiger partial charge >= 0.3 is 0 Å². The molecule has 0 aliphatic carbocycles. The topological polar surface area (TPSA) is 74.1 Å². The molecule has 2 aromatic rings. The van der Waals surface area contributed by atoms with Gasteiger partial charge in [0.15, 0.2) is 0 Å². The number of ether oxygens (including phenoxy) is 1. The molecular weight excluding hydrogens is 338 g/mol. The largest absolute Gasteiger partial charge is 0.495 e. The van der Waals surface area contributed by atoms with Crippen LogP contribution in [0.3, 0.4) is 0 Å². The van der Waals surface area contributed by atoms with Gasteiger partial charge in [-0.1, -0.05) is 35.9 Å². The molecule has 25 heavy (non-hydrogen) atoms. The maximum Gasteiger partial charge on any atom is 0.267 e. The Balaban J connectivity index is 1.91. The SMILES string of the molecule is COc1ccccc1NC(=O)/C(C#N)=C\NCCc1ccc(Cl)cc1. The summed E-state index contributed by atoms with van der Waals surface area (Å²) in [5, 5.41) is 15.5. The van der Waals surface area contributed by atoms with Crippen molar-refractivity contribution in [2.45, 2.75) is 6.42 Å². The third-order valence-corrected chi connectivity index (χ3v) is 3.69. The van der Waals surface area contributed by atoms with Crippen molar-refractivity contribution in [3.05, 3.63) is 70.9 Å². The van der Waals surface area contributed by atoms with Crippen LogP contribution in [0.15, 0.2) is 60.3 Å². The lowest BCUT2D eigenvalue weighted by molar-refractivity contribution is -0.112. The zero-order valence-corrected chi connectivity index (χ0v) is 14.5. The van der Waals surface area contributed by atoms with Gasteiger partial charge in [-0.2, -0.15) is 5.26 Å². The summed E-state index contributed by atoms with van der Waals surface area (Å²) in [7, 11) is 1.52. The lowest BCUT2D eigenvalue weighted by Crippen LogP contribution is -2.18. The lowest BCUT2D eigenvalue weighted by atomic mass is 10.1. The van der Waals surface area contributed by atoms with Crippen LogP contribution in [0.4, 0.5) is 5.69 Å². The van der Waals surface area contributed by atoms with E-state index in [-0.39, 0.29) is 5.57 Å². The molecule has 5 nitrogen and oxygen atoms in total. The van der Waals surface area contributed by atoms with Gasteiger partial charge in [0, 0.05) is 17.8 Å². The highest BCUT2D eigenvalue weighted by molar-refractivity contribution is 6.30. The number of carbonyl (C=O) groups is 1. The summed E-state index contributed by atoms with van der Waals surface area (Å²) in [5.74, 6) is 0.0369. The molecule has 0 fully saturated rings. The van der Waals surface area contributed by atoms with E-state index in [2.05, 4.69) is 10.6 Å². The molecule has 0 aliphatic rings. The van der Waals surface area contributed by atoms with Crippen LogP contribution in [-0.2, 0) is 11.2 Å². The number of hydrogen-bond donors (Lipinski definition) is 2. The number of carbonyl (C=O) groups excluding carboxylic acids is 1. The van der Waals surface area contributed by atoms with Gasteiger partial charge in [0.2, 0.25) is 0 Å². The number of benzene rings is 2. The van der Waals surface area contributed by atoms with E-state index in [1.165, 1.54) is 13.3 Å². The smallest absolute Gasteiger partial charge is 0.267 e. The van der Waals surface area contributed by atoms with Crippen LogP contribution >= 0.6 is 11.6 Å². The van der Waals surface area contributed by atoms with Gasteiger partial charge in [-0.15, -0.1) is 0 Å². The van der Waals surface area contributed by atoms with Crippen molar-refractivity contribution in [1.82, 2.24) is 5.32 Å². The second-order valence-corrected chi connectivity index (χ2v) is 5.59. The molecule has 0 saturated carbocycles. The number of halogens is 1. The van der Waals surface area contributed by atoms with Crippen LogP contribution in [-0.4, -0.2) is 19.6 Å². The van der Waals surface area contributed by atoms with E-state index in [9.17, 15) is 10.1 Å². The van der Waals surface area contributed by atoms with Crippen LogP contribution in [0.5, 0.6) is 5.75 Å². The fourth-order valence-corrected chi connectivity index (χ4v) is 2.25. The Morgan fingerprint density at radius 1 is 1.24 bits per heavy atom. The molecule has 1 amide bonds. The average Bonchev–Trinajstić information content (AvgIpc) is 2.63. The normalized spacial score (nSPS) is 10.7. The molecule has 2 rings (SSSR count). The Morgan fingerprint density at radius 3 is 2.64 bits per heavy atom. The number of methoxy groups -OCH3 is 1. The number of anilines is 1. The Bertz CT molecular complexity index is 795. The molecule has 0 spiro atoms. The molecule has 0 aliphatic heterocycles. The molecule has 2 N–H and O–H groups in total. The standard InChI is InChI=1S/C19H18ClN3O2/c1-25-18-5-3-2-4-17(18)23-19(24)15(12-21)13-22-11-10-14-6-8-16(20)9-7-14/h2-9,13,22H,10-11H2,1H3,(H,23,24)/b15-13-. The van der Waals surface area contributed by atoms with Gasteiger partial charge in [0.1, 0.15) is 17.4 Å². The van der Waals surface area contributed by atoms with E-state index >= 15 is 0 Å². The predicted molar refractivity (Wildman–Crippen MR) is 98.5 cm³/mol. The van der Waals surface area contributed by atoms with Crippen LogP contribution in [0.25, 0.3) is 0 Å². The van der Waals surface area contributed by atoms with Crippen molar-refractivity contribution in [2.24, 2.45) is 0 Å². The van der Waals surface area contributed by atoms with Crippen LogP contribution in [0, 0.1) is 11.3 Å². The van der Waals surface area contributed by atoms with Crippen LogP contribution in [0.2, 0.25) is 5.02 Å². The monoisotopic (exact) mass is 355 g/mol. The van der Waals surface area contributed by atoms with E-state index < -0.39 is 5.91 Å². The fourth-order valence-electron chi connectivity index (χ4n) is 2.13. The summed E-state index contributed by atoms with van der Waals surface area (Å²) in [6.07, 6.45) is 2.17. The van der Waals surface area contributed by atoms with E-state index in [1.54, 1.807) is 24.3 Å². The highest BCUT2D eigenvalue weighted by atomic mass is 35.5. The maximum absolute atomic E-state index is 12.2. The first-order valence-electron chi connectivity index (χ1n) is 7.66. The first-order valence-corrected chi connectivity index (χ1v) is 8.04. The van der Waals surface area contributed by atoms with Crippen molar-refractivity contribution in [2.75, 3.05) is 19.0 Å². The highest BCUT2D eigenvalue weighted by Crippen LogP contribution is 2.23. The van der Waals surface area contributed by atoms with E-state index in [0.29, 0.717) is 23.0 Å². The number of rotatable bonds is 7. The molecule has 6 heteroatoms. The third-order valence-electron chi connectivity index (χ3n) is 3.44. The summed E-state index contributed by atoms with van der Waals surface area (Å²) in [6, 6.07) is 16.4. The molecule has 0 aromatic heterocycles. The summed E-state index contributed by atoms with van der Waals surface area (Å²) >= 11 is 5.84. The molecule has 0 saturated heterocycles. The van der Waals surface area contributed by atoms with Gasteiger partial charge in [0.25, 0.3) is 5.91 Å². The first kappa shape index (κ1) is 18.4. The molecular formula is C19H18ClN3O2. The molecule has 2 aromatic carbocycles. The number of amides is 1. The van der Waals surface area contributed by atoms with Crippen LogP contribution in [0.1, 0.15) is 5.56 Å². The van der Waals surface area contributed by atoms with Crippen molar-refractivity contribution >= 4 is 23.2 Å². The second-order valence-electron chi connectivity index (χ2n) is 5.15. The molecule has 0 radical (unpaired) electrons. The van der Waals surface area contributed by atoms with Gasteiger partial charge in [-0.25, -0.2) is 0 Å². The molecule has 0 heterocycles. The van der Waals surface area contributed by atoms with Gasteiger partial charge in [-0.3, -0.25) is 4.79 Å². The Hall–Kier alpha value is -2.97. The second kappa shape index (κ2) is 9.36. The van der Waals surface area contributed by atoms with E-state index in [0.717, 1.165) is 12.0 Å². The number of nitrogens with zero attached hydrogens (tertiary/aromatic N) is 1. The number of nitrogens with one attached hydrogen (secondary N) is 2. The Labute approximate surface area is 151 Å². The van der Waals surface area contributed by atoms with Crippen molar-refractivity contribution in [3.8, 4) is 11.8 Å². The minimum Gasteiger partial charge on any atom is -0.495 e. The van der Waals surface area contributed by atoms with E-state index in [1.807, 2.05) is 30.3 Å². The van der Waals surface area contributed by atoms with Crippen molar-refractivity contribution < 1.29 is 9.53 Å². The minimum absolute atomic E-state index is 0.0120.